The number of hydrogen-bond donors (Lipinski definition) is 2. The van der Waals surface area contributed by atoms with E-state index < -0.39 is 5.60 Å². The summed E-state index contributed by atoms with van der Waals surface area (Å²) in [4.78, 5) is 18.0. The van der Waals surface area contributed by atoms with Gasteiger partial charge in [0.15, 0.2) is 5.96 Å². The number of hydrogen-bond acceptors (Lipinski definition) is 4. The number of likely N-dealkylation sites (tertiary alicyclic amines) is 1. The minimum Gasteiger partial charge on any atom is -0.444 e. The van der Waals surface area contributed by atoms with Gasteiger partial charge in [0.2, 0.25) is 0 Å². The molecule has 1 fully saturated rings. The van der Waals surface area contributed by atoms with E-state index in [0.717, 1.165) is 24.5 Å². The number of nitrogens with one attached hydrogen (secondary N) is 2. The highest BCUT2D eigenvalue weighted by atomic mass is 127. The fourth-order valence-corrected chi connectivity index (χ4v) is 3.20. The van der Waals surface area contributed by atoms with Gasteiger partial charge in [-0.15, -0.1) is 24.0 Å². The molecule has 0 spiro atoms. The van der Waals surface area contributed by atoms with E-state index in [2.05, 4.69) is 34.6 Å². The van der Waals surface area contributed by atoms with Crippen molar-refractivity contribution >= 4 is 36.0 Å². The van der Waals surface area contributed by atoms with E-state index in [-0.39, 0.29) is 36.1 Å². The summed E-state index contributed by atoms with van der Waals surface area (Å²) in [5.74, 6) is 0.733. The topological polar surface area (TPSA) is 83.8 Å². The first-order valence-electron chi connectivity index (χ1n) is 9.67. The van der Waals surface area contributed by atoms with E-state index in [1.165, 1.54) is 11.3 Å². The van der Waals surface area contributed by atoms with Crippen LogP contribution in [-0.4, -0.2) is 58.5 Å². The number of carbonyl (C=O) groups is 1. The Morgan fingerprint density at radius 1 is 1.29 bits per heavy atom. The van der Waals surface area contributed by atoms with Gasteiger partial charge in [-0.1, -0.05) is 13.8 Å². The molecule has 1 saturated heterocycles. The monoisotopic (exact) mass is 506 g/mol. The molecule has 1 aliphatic heterocycles. The molecule has 8 nitrogen and oxygen atoms in total. The fraction of sp³-hybridized carbons (Fsp3) is 0.737. The summed E-state index contributed by atoms with van der Waals surface area (Å²) in [5, 5.41) is 11.4. The molecular weight excluding hydrogens is 471 g/mol. The molecule has 1 aliphatic rings. The zero-order chi connectivity index (χ0) is 20.2. The number of aryl methyl sites for hydroxylation is 2. The summed E-state index contributed by atoms with van der Waals surface area (Å²) in [6.45, 7) is 11.8. The summed E-state index contributed by atoms with van der Waals surface area (Å²) >= 11 is 0. The van der Waals surface area contributed by atoms with Crippen LogP contribution in [-0.2, 0) is 31.2 Å². The van der Waals surface area contributed by atoms with Crippen LogP contribution in [0.3, 0.4) is 0 Å². The number of halogens is 1. The maximum atomic E-state index is 12.0. The second kappa shape index (κ2) is 10.3. The van der Waals surface area contributed by atoms with Crippen molar-refractivity contribution in [3.63, 3.8) is 0 Å². The number of aliphatic imine (C=N–C) groups is 1. The van der Waals surface area contributed by atoms with Crippen molar-refractivity contribution in [3.05, 3.63) is 17.0 Å². The lowest BCUT2D eigenvalue weighted by Crippen LogP contribution is -2.63. The summed E-state index contributed by atoms with van der Waals surface area (Å²) in [6, 6.07) is 0.175. The number of rotatable bonds is 5. The molecule has 0 unspecified atom stereocenters. The van der Waals surface area contributed by atoms with Crippen LogP contribution >= 0.6 is 24.0 Å². The molecule has 1 aromatic heterocycles. The molecule has 2 N–H and O–H groups in total. The number of nitrogens with zero attached hydrogens (tertiary/aromatic N) is 4. The number of carbonyl (C=O) groups excluding carboxylic acids is 1. The second-order valence-corrected chi connectivity index (χ2v) is 7.86. The van der Waals surface area contributed by atoms with Gasteiger partial charge in [0.25, 0.3) is 0 Å². The van der Waals surface area contributed by atoms with E-state index in [4.69, 9.17) is 4.74 Å². The number of ether oxygens (including phenoxy) is 1. The predicted octanol–water partition coefficient (Wildman–Crippen LogP) is 2.45. The zero-order valence-electron chi connectivity index (χ0n) is 18.1. The molecule has 9 heteroatoms. The minimum absolute atomic E-state index is 0. The van der Waals surface area contributed by atoms with Gasteiger partial charge in [0, 0.05) is 45.0 Å². The van der Waals surface area contributed by atoms with Crippen LogP contribution in [0.15, 0.2) is 4.99 Å². The third kappa shape index (κ3) is 6.25. The quantitative estimate of drug-likeness (QED) is 0.364. The Labute approximate surface area is 185 Å². The Morgan fingerprint density at radius 3 is 2.43 bits per heavy atom. The Bertz CT molecular complexity index is 689. The molecule has 2 rings (SSSR count). The number of aromatic nitrogens is 2. The maximum Gasteiger partial charge on any atom is 0.410 e. The molecule has 28 heavy (non-hydrogen) atoms. The Kier molecular flexibility index (Phi) is 9.03. The molecule has 0 bridgehead atoms. The zero-order valence-corrected chi connectivity index (χ0v) is 20.5. The van der Waals surface area contributed by atoms with E-state index in [0.29, 0.717) is 19.6 Å². The highest BCUT2D eigenvalue weighted by Crippen LogP contribution is 2.16. The SMILES string of the molecule is CCc1nn(C)c(CC)c1CNC(=NC)NC1CN(C(=O)OC(C)(C)C)C1.I. The van der Waals surface area contributed by atoms with Crippen molar-refractivity contribution in [1.82, 2.24) is 25.3 Å². The third-order valence-corrected chi connectivity index (χ3v) is 4.56. The van der Waals surface area contributed by atoms with Crippen LogP contribution in [0.5, 0.6) is 0 Å². The Hall–Kier alpha value is -1.52. The van der Waals surface area contributed by atoms with Crippen LogP contribution in [0.2, 0.25) is 0 Å². The van der Waals surface area contributed by atoms with E-state index in [1.807, 2.05) is 32.5 Å². The molecule has 1 amide bonds. The van der Waals surface area contributed by atoms with Gasteiger partial charge in [-0.3, -0.25) is 9.67 Å². The van der Waals surface area contributed by atoms with Gasteiger partial charge in [-0.25, -0.2) is 4.79 Å². The first-order valence-corrected chi connectivity index (χ1v) is 9.67. The largest absolute Gasteiger partial charge is 0.444 e. The van der Waals surface area contributed by atoms with Gasteiger partial charge in [0.1, 0.15) is 5.60 Å². The molecule has 0 aliphatic carbocycles. The molecule has 0 saturated carbocycles. The standard InChI is InChI=1S/C19H34N6O2.HI/c1-8-15-14(16(9-2)24(7)23-15)10-21-17(20-6)22-13-11-25(12-13)18(26)27-19(3,4)5;/h13H,8-12H2,1-7H3,(H2,20,21,22);1H. The lowest BCUT2D eigenvalue weighted by Gasteiger charge is -2.40. The molecule has 0 radical (unpaired) electrons. The normalized spacial score (nSPS) is 15.0. The van der Waals surface area contributed by atoms with Crippen LogP contribution in [0.4, 0.5) is 4.79 Å². The third-order valence-electron chi connectivity index (χ3n) is 4.56. The van der Waals surface area contributed by atoms with Crippen molar-refractivity contribution in [2.45, 2.75) is 65.6 Å². The average molecular weight is 506 g/mol. The highest BCUT2D eigenvalue weighted by Gasteiger charge is 2.34. The molecule has 1 aromatic rings. The van der Waals surface area contributed by atoms with Crippen molar-refractivity contribution in [2.24, 2.45) is 12.0 Å². The van der Waals surface area contributed by atoms with Crippen LogP contribution in [0.1, 0.15) is 51.6 Å². The summed E-state index contributed by atoms with van der Waals surface area (Å²) in [6.07, 6.45) is 1.59. The average Bonchev–Trinajstić information content (AvgIpc) is 2.86. The molecule has 160 valence electrons. The number of amides is 1. The lowest BCUT2D eigenvalue weighted by atomic mass is 10.1. The second-order valence-electron chi connectivity index (χ2n) is 7.86. The smallest absolute Gasteiger partial charge is 0.410 e. The maximum absolute atomic E-state index is 12.0. The van der Waals surface area contributed by atoms with Gasteiger partial charge in [-0.2, -0.15) is 5.10 Å². The van der Waals surface area contributed by atoms with Gasteiger partial charge in [0.05, 0.1) is 11.7 Å². The Balaban J connectivity index is 0.00000392. The summed E-state index contributed by atoms with van der Waals surface area (Å²) in [5.41, 5.74) is 3.14. The summed E-state index contributed by atoms with van der Waals surface area (Å²) < 4.78 is 7.35. The van der Waals surface area contributed by atoms with Crippen molar-refractivity contribution in [3.8, 4) is 0 Å². The van der Waals surface area contributed by atoms with E-state index in [9.17, 15) is 4.79 Å². The predicted molar refractivity (Wildman–Crippen MR) is 122 cm³/mol. The van der Waals surface area contributed by atoms with E-state index in [1.54, 1.807) is 11.9 Å². The lowest BCUT2D eigenvalue weighted by molar-refractivity contribution is 0.00701. The number of guanidine groups is 1. The first-order chi connectivity index (χ1) is 12.7. The van der Waals surface area contributed by atoms with Gasteiger partial charge < -0.3 is 20.3 Å². The molecule has 0 aromatic carbocycles. The molecule has 2 heterocycles. The highest BCUT2D eigenvalue weighted by molar-refractivity contribution is 14.0. The minimum atomic E-state index is -0.467. The first kappa shape index (κ1) is 24.5. The van der Waals surface area contributed by atoms with Crippen molar-refractivity contribution < 1.29 is 9.53 Å². The van der Waals surface area contributed by atoms with Crippen LogP contribution < -0.4 is 10.6 Å². The van der Waals surface area contributed by atoms with Gasteiger partial charge in [-0.05, 0) is 33.6 Å². The van der Waals surface area contributed by atoms with Gasteiger partial charge >= 0.3 is 6.09 Å². The Morgan fingerprint density at radius 2 is 1.93 bits per heavy atom. The van der Waals surface area contributed by atoms with Crippen LogP contribution in [0.25, 0.3) is 0 Å². The van der Waals surface area contributed by atoms with E-state index >= 15 is 0 Å². The van der Waals surface area contributed by atoms with Crippen LogP contribution in [0, 0.1) is 0 Å². The fourth-order valence-electron chi connectivity index (χ4n) is 3.20. The molecular formula is C19H35IN6O2. The van der Waals surface area contributed by atoms with Crippen molar-refractivity contribution in [2.75, 3.05) is 20.1 Å². The van der Waals surface area contributed by atoms with Crippen molar-refractivity contribution in [1.29, 1.82) is 0 Å². The summed E-state index contributed by atoms with van der Waals surface area (Å²) in [7, 11) is 3.75. The molecule has 0 atom stereocenters.